The fraction of sp³-hybridized carbons (Fsp3) is 0.579. The van der Waals surface area contributed by atoms with E-state index in [0.717, 1.165) is 19.4 Å². The van der Waals surface area contributed by atoms with Gasteiger partial charge < -0.3 is 19.9 Å². The summed E-state index contributed by atoms with van der Waals surface area (Å²) in [5, 5.41) is 2.83. The molecule has 2 amide bonds. The molecule has 0 radical (unpaired) electrons. The molecule has 2 heterocycles. The number of anilines is 1. The summed E-state index contributed by atoms with van der Waals surface area (Å²) in [5.41, 5.74) is 0.577. The maximum absolute atomic E-state index is 13.8. The Morgan fingerprint density at radius 3 is 2.62 bits per heavy atom. The Morgan fingerprint density at radius 2 is 1.92 bits per heavy atom. The van der Waals surface area contributed by atoms with E-state index < -0.39 is 0 Å². The van der Waals surface area contributed by atoms with Crippen molar-refractivity contribution in [2.45, 2.75) is 31.8 Å². The number of para-hydroxylation sites is 1. The van der Waals surface area contributed by atoms with E-state index in [4.69, 9.17) is 4.74 Å². The third kappa shape index (κ3) is 4.94. The van der Waals surface area contributed by atoms with E-state index >= 15 is 0 Å². The molecule has 3 rings (SSSR count). The van der Waals surface area contributed by atoms with Gasteiger partial charge in [-0.25, -0.2) is 4.39 Å². The maximum Gasteiger partial charge on any atom is 0.223 e. The van der Waals surface area contributed by atoms with Gasteiger partial charge in [0.05, 0.1) is 11.8 Å². The quantitative estimate of drug-likeness (QED) is 0.833. The molecule has 0 aliphatic carbocycles. The van der Waals surface area contributed by atoms with Gasteiger partial charge in [-0.15, -0.1) is 0 Å². The lowest BCUT2D eigenvalue weighted by Gasteiger charge is -2.36. The Labute approximate surface area is 153 Å². The highest BCUT2D eigenvalue weighted by Crippen LogP contribution is 2.20. The smallest absolute Gasteiger partial charge is 0.223 e. The Hall–Kier alpha value is -2.15. The minimum absolute atomic E-state index is 0.0227. The second kappa shape index (κ2) is 8.98. The molecule has 26 heavy (non-hydrogen) atoms. The summed E-state index contributed by atoms with van der Waals surface area (Å²) in [4.78, 5) is 27.9. The van der Waals surface area contributed by atoms with Crippen molar-refractivity contribution in [2.75, 3.05) is 44.2 Å². The van der Waals surface area contributed by atoms with Crippen molar-refractivity contribution in [3.63, 3.8) is 0 Å². The molecule has 1 aromatic rings. The number of piperazine rings is 1. The van der Waals surface area contributed by atoms with Crippen LogP contribution in [0.4, 0.5) is 10.1 Å². The van der Waals surface area contributed by atoms with Crippen molar-refractivity contribution in [3.8, 4) is 0 Å². The van der Waals surface area contributed by atoms with E-state index in [-0.39, 0.29) is 36.6 Å². The lowest BCUT2D eigenvalue weighted by Crippen LogP contribution is -2.49. The normalized spacial score (nSPS) is 20.3. The van der Waals surface area contributed by atoms with Crippen molar-refractivity contribution < 1.29 is 18.7 Å². The third-order valence-corrected chi connectivity index (χ3v) is 4.94. The van der Waals surface area contributed by atoms with Gasteiger partial charge in [0, 0.05) is 52.2 Å². The zero-order valence-corrected chi connectivity index (χ0v) is 15.0. The number of ether oxygens (including phenoxy) is 1. The fourth-order valence-electron chi connectivity index (χ4n) is 3.40. The number of amides is 2. The molecule has 0 bridgehead atoms. The second-order valence-corrected chi connectivity index (χ2v) is 6.76. The molecule has 2 aliphatic rings. The lowest BCUT2D eigenvalue weighted by atomic mass is 10.2. The van der Waals surface area contributed by atoms with Crippen LogP contribution in [-0.4, -0.2) is 62.1 Å². The third-order valence-electron chi connectivity index (χ3n) is 4.94. The van der Waals surface area contributed by atoms with E-state index in [0.29, 0.717) is 38.4 Å². The lowest BCUT2D eigenvalue weighted by molar-refractivity contribution is -0.133. The average molecular weight is 363 g/mol. The van der Waals surface area contributed by atoms with Gasteiger partial charge in [0.15, 0.2) is 0 Å². The molecule has 0 spiro atoms. The number of nitrogens with zero attached hydrogens (tertiary/aromatic N) is 2. The van der Waals surface area contributed by atoms with Crippen LogP contribution in [-0.2, 0) is 14.3 Å². The summed E-state index contributed by atoms with van der Waals surface area (Å²) in [7, 11) is 0. The SMILES string of the molecule is O=C(CCC(=O)N1CCN(c2ccccc2F)CC1)NC[C@H]1CCCO1. The van der Waals surface area contributed by atoms with Gasteiger partial charge in [0.25, 0.3) is 0 Å². The van der Waals surface area contributed by atoms with Crippen LogP contribution in [0.25, 0.3) is 0 Å². The first kappa shape index (κ1) is 18.6. The second-order valence-electron chi connectivity index (χ2n) is 6.76. The van der Waals surface area contributed by atoms with E-state index in [2.05, 4.69) is 5.32 Å². The van der Waals surface area contributed by atoms with Crippen molar-refractivity contribution in [1.29, 1.82) is 0 Å². The molecule has 0 saturated carbocycles. The van der Waals surface area contributed by atoms with Crippen molar-refractivity contribution in [3.05, 3.63) is 30.1 Å². The summed E-state index contributed by atoms with van der Waals surface area (Å²) in [6.07, 6.45) is 2.53. The zero-order chi connectivity index (χ0) is 18.4. The first-order chi connectivity index (χ1) is 12.6. The Balaban J connectivity index is 1.37. The molecule has 2 saturated heterocycles. The fourth-order valence-corrected chi connectivity index (χ4v) is 3.40. The van der Waals surface area contributed by atoms with Crippen LogP contribution < -0.4 is 10.2 Å². The van der Waals surface area contributed by atoms with Gasteiger partial charge in [-0.1, -0.05) is 12.1 Å². The largest absolute Gasteiger partial charge is 0.376 e. The van der Waals surface area contributed by atoms with Crippen LogP contribution in [0.1, 0.15) is 25.7 Å². The maximum atomic E-state index is 13.8. The summed E-state index contributed by atoms with van der Waals surface area (Å²) in [5.74, 6) is -0.375. The molecule has 1 N–H and O–H groups in total. The zero-order valence-electron chi connectivity index (χ0n) is 15.0. The van der Waals surface area contributed by atoms with Crippen molar-refractivity contribution in [2.24, 2.45) is 0 Å². The van der Waals surface area contributed by atoms with Crippen molar-refractivity contribution in [1.82, 2.24) is 10.2 Å². The molecular formula is C19H26FN3O3. The number of halogens is 1. The Kier molecular flexibility index (Phi) is 6.44. The number of nitrogens with one attached hydrogen (secondary N) is 1. The van der Waals surface area contributed by atoms with Crippen LogP contribution in [0.3, 0.4) is 0 Å². The number of hydrogen-bond acceptors (Lipinski definition) is 4. The Morgan fingerprint density at radius 1 is 1.15 bits per heavy atom. The van der Waals surface area contributed by atoms with Gasteiger partial charge in [-0.2, -0.15) is 0 Å². The molecule has 7 heteroatoms. The van der Waals surface area contributed by atoms with E-state index in [1.165, 1.54) is 6.07 Å². The number of carbonyl (C=O) groups excluding carboxylic acids is 2. The van der Waals surface area contributed by atoms with Crippen LogP contribution in [0.5, 0.6) is 0 Å². The van der Waals surface area contributed by atoms with E-state index in [1.54, 1.807) is 17.0 Å². The predicted molar refractivity (Wildman–Crippen MR) is 96.4 cm³/mol. The van der Waals surface area contributed by atoms with Crippen LogP contribution in [0.15, 0.2) is 24.3 Å². The minimum atomic E-state index is -0.241. The topological polar surface area (TPSA) is 61.9 Å². The van der Waals surface area contributed by atoms with Gasteiger partial charge >= 0.3 is 0 Å². The molecule has 2 aliphatic heterocycles. The number of benzene rings is 1. The van der Waals surface area contributed by atoms with Crippen molar-refractivity contribution >= 4 is 17.5 Å². The van der Waals surface area contributed by atoms with Gasteiger partial charge in [-0.05, 0) is 25.0 Å². The summed E-state index contributed by atoms with van der Waals surface area (Å²) in [6.45, 7) is 3.57. The molecule has 1 atom stereocenters. The molecule has 2 fully saturated rings. The molecule has 0 unspecified atom stereocenters. The summed E-state index contributed by atoms with van der Waals surface area (Å²) in [6, 6.07) is 6.68. The minimum Gasteiger partial charge on any atom is -0.376 e. The highest BCUT2D eigenvalue weighted by atomic mass is 19.1. The summed E-state index contributed by atoms with van der Waals surface area (Å²) < 4.78 is 19.3. The number of carbonyl (C=O) groups is 2. The van der Waals surface area contributed by atoms with E-state index in [9.17, 15) is 14.0 Å². The van der Waals surface area contributed by atoms with Gasteiger partial charge in [-0.3, -0.25) is 9.59 Å². The molecule has 6 nitrogen and oxygen atoms in total. The monoisotopic (exact) mass is 363 g/mol. The van der Waals surface area contributed by atoms with Gasteiger partial charge in [0.2, 0.25) is 11.8 Å². The van der Waals surface area contributed by atoms with Crippen LogP contribution in [0.2, 0.25) is 0 Å². The predicted octanol–water partition coefficient (Wildman–Crippen LogP) is 1.55. The standard InChI is InChI=1S/C19H26FN3O3/c20-16-5-1-2-6-17(16)22-9-11-23(12-10-22)19(25)8-7-18(24)21-14-15-4-3-13-26-15/h1-2,5-6,15H,3-4,7-14H2,(H,21,24)/t15-/m1/s1. The first-order valence-electron chi connectivity index (χ1n) is 9.29. The van der Waals surface area contributed by atoms with Gasteiger partial charge in [0.1, 0.15) is 5.82 Å². The summed E-state index contributed by atoms with van der Waals surface area (Å²) >= 11 is 0. The van der Waals surface area contributed by atoms with E-state index in [1.807, 2.05) is 11.0 Å². The Bertz CT molecular complexity index is 626. The highest BCUT2D eigenvalue weighted by Gasteiger charge is 2.23. The number of rotatable bonds is 6. The molecular weight excluding hydrogens is 337 g/mol. The first-order valence-corrected chi connectivity index (χ1v) is 9.29. The highest BCUT2D eigenvalue weighted by molar-refractivity contribution is 5.83. The molecule has 142 valence electrons. The molecule has 1 aromatic carbocycles. The van der Waals surface area contributed by atoms with Crippen LogP contribution in [0, 0.1) is 5.82 Å². The number of hydrogen-bond donors (Lipinski definition) is 1. The van der Waals surface area contributed by atoms with Crippen LogP contribution >= 0.6 is 0 Å². The molecule has 0 aromatic heterocycles. The average Bonchev–Trinajstić information content (AvgIpc) is 3.18.